The van der Waals surface area contributed by atoms with Gasteiger partial charge in [-0.15, -0.1) is 0 Å². The van der Waals surface area contributed by atoms with E-state index >= 15 is 0 Å². The first-order valence-corrected chi connectivity index (χ1v) is 9.62. The van der Waals surface area contributed by atoms with Gasteiger partial charge in [0.25, 0.3) is 5.91 Å². The number of halogens is 1. The van der Waals surface area contributed by atoms with E-state index in [9.17, 15) is 9.18 Å². The molecule has 2 saturated heterocycles. The zero-order valence-electron chi connectivity index (χ0n) is 15.3. The SMILES string of the molecule is Cc1cc(C2C[C@H]3CC[C@@H](C2)N3C(=O)c2ccn3nccc3c2)ccc1F. The van der Waals surface area contributed by atoms with Crippen molar-refractivity contribution in [1.29, 1.82) is 0 Å². The second-order valence-electron chi connectivity index (χ2n) is 7.89. The molecule has 5 rings (SSSR count). The molecule has 138 valence electrons. The first-order valence-electron chi connectivity index (χ1n) is 9.62. The lowest BCUT2D eigenvalue weighted by atomic mass is 9.84. The second-order valence-corrected chi connectivity index (χ2v) is 7.89. The lowest BCUT2D eigenvalue weighted by Gasteiger charge is -2.39. The van der Waals surface area contributed by atoms with Crippen molar-refractivity contribution in [1.82, 2.24) is 14.5 Å². The number of benzene rings is 1. The maximum Gasteiger partial charge on any atom is 0.254 e. The van der Waals surface area contributed by atoms with Gasteiger partial charge in [-0.05, 0) is 73.9 Å². The van der Waals surface area contributed by atoms with Gasteiger partial charge in [0.05, 0.1) is 5.52 Å². The molecule has 0 N–H and O–H groups in total. The first kappa shape index (κ1) is 16.5. The molecule has 0 spiro atoms. The molecule has 1 unspecified atom stereocenters. The molecule has 0 aliphatic carbocycles. The summed E-state index contributed by atoms with van der Waals surface area (Å²) in [5.74, 6) is 0.382. The van der Waals surface area contributed by atoms with Crippen LogP contribution in [0.25, 0.3) is 5.52 Å². The standard InChI is InChI=1S/C22H22FN3O/c1-14-10-15(2-5-21(14)23)17-12-19-3-4-20(13-17)26(19)22(27)16-7-9-25-18(11-16)6-8-24-25/h2,5-11,17,19-20H,3-4,12-13H2,1H3/t17?,19-,20+. The van der Waals surface area contributed by atoms with Crippen molar-refractivity contribution in [2.24, 2.45) is 0 Å². The largest absolute Gasteiger partial charge is 0.333 e. The highest BCUT2D eigenvalue weighted by Gasteiger charge is 2.43. The highest BCUT2D eigenvalue weighted by molar-refractivity contribution is 5.96. The lowest BCUT2D eigenvalue weighted by Crippen LogP contribution is -2.46. The molecular weight excluding hydrogens is 341 g/mol. The van der Waals surface area contributed by atoms with Crippen LogP contribution >= 0.6 is 0 Å². The minimum absolute atomic E-state index is 0.125. The van der Waals surface area contributed by atoms with Crippen LogP contribution in [0.2, 0.25) is 0 Å². The van der Waals surface area contributed by atoms with E-state index in [0.717, 1.165) is 36.8 Å². The van der Waals surface area contributed by atoms with E-state index in [1.165, 1.54) is 5.56 Å². The van der Waals surface area contributed by atoms with E-state index in [2.05, 4.69) is 10.00 Å². The molecule has 3 atom stereocenters. The van der Waals surface area contributed by atoms with Crippen molar-refractivity contribution >= 4 is 11.4 Å². The van der Waals surface area contributed by atoms with Gasteiger partial charge in [-0.3, -0.25) is 4.79 Å². The Bertz CT molecular complexity index is 1010. The van der Waals surface area contributed by atoms with E-state index in [1.807, 2.05) is 43.5 Å². The Labute approximate surface area is 157 Å². The van der Waals surface area contributed by atoms with Crippen molar-refractivity contribution in [3.8, 4) is 0 Å². The fourth-order valence-electron chi connectivity index (χ4n) is 4.91. The Hall–Kier alpha value is -2.69. The van der Waals surface area contributed by atoms with Crippen LogP contribution < -0.4 is 0 Å². The molecule has 2 aliphatic rings. The third kappa shape index (κ3) is 2.73. The Morgan fingerprint density at radius 1 is 1.11 bits per heavy atom. The van der Waals surface area contributed by atoms with Crippen LogP contribution in [0.15, 0.2) is 48.8 Å². The van der Waals surface area contributed by atoms with Crippen LogP contribution in [0.1, 0.15) is 53.1 Å². The Morgan fingerprint density at radius 3 is 2.63 bits per heavy atom. The Balaban J connectivity index is 1.39. The molecule has 5 heteroatoms. The third-order valence-electron chi connectivity index (χ3n) is 6.27. The summed E-state index contributed by atoms with van der Waals surface area (Å²) in [6.07, 6.45) is 7.62. The number of amides is 1. The molecule has 3 aromatic rings. The molecule has 2 aromatic heterocycles. The molecule has 4 nitrogen and oxygen atoms in total. The Kier molecular flexibility index (Phi) is 3.78. The van der Waals surface area contributed by atoms with Gasteiger partial charge in [0.1, 0.15) is 5.82 Å². The van der Waals surface area contributed by atoms with Crippen molar-refractivity contribution in [3.05, 3.63) is 71.3 Å². The molecule has 4 heterocycles. The summed E-state index contributed by atoms with van der Waals surface area (Å²) in [5.41, 5.74) is 3.58. The summed E-state index contributed by atoms with van der Waals surface area (Å²) in [7, 11) is 0. The summed E-state index contributed by atoms with van der Waals surface area (Å²) in [6, 6.07) is 11.7. The van der Waals surface area contributed by atoms with Gasteiger partial charge in [0.15, 0.2) is 0 Å². The number of hydrogen-bond donors (Lipinski definition) is 0. The second kappa shape index (κ2) is 6.19. The number of aromatic nitrogens is 2. The van der Waals surface area contributed by atoms with Gasteiger partial charge < -0.3 is 4.90 Å². The summed E-state index contributed by atoms with van der Waals surface area (Å²) in [4.78, 5) is 15.3. The summed E-state index contributed by atoms with van der Waals surface area (Å²) < 4.78 is 15.4. The van der Waals surface area contributed by atoms with E-state index in [4.69, 9.17) is 0 Å². The summed E-state index contributed by atoms with van der Waals surface area (Å²) in [6.45, 7) is 1.82. The lowest BCUT2D eigenvalue weighted by molar-refractivity contribution is 0.0571. The predicted octanol–water partition coefficient (Wildman–Crippen LogP) is 4.33. The number of aryl methyl sites for hydroxylation is 1. The fourth-order valence-corrected chi connectivity index (χ4v) is 4.91. The van der Waals surface area contributed by atoms with Crippen LogP contribution in [0.3, 0.4) is 0 Å². The van der Waals surface area contributed by atoms with E-state index in [0.29, 0.717) is 11.5 Å². The van der Waals surface area contributed by atoms with Crippen molar-refractivity contribution in [3.63, 3.8) is 0 Å². The highest BCUT2D eigenvalue weighted by Crippen LogP contribution is 2.43. The molecule has 2 fully saturated rings. The Morgan fingerprint density at radius 2 is 1.89 bits per heavy atom. The molecule has 0 saturated carbocycles. The number of carbonyl (C=O) groups is 1. The average Bonchev–Trinajstić information content (AvgIpc) is 3.24. The third-order valence-corrected chi connectivity index (χ3v) is 6.27. The molecule has 1 amide bonds. The van der Waals surface area contributed by atoms with Gasteiger partial charge in [-0.2, -0.15) is 5.10 Å². The van der Waals surface area contributed by atoms with Crippen LogP contribution in [-0.2, 0) is 0 Å². The van der Waals surface area contributed by atoms with E-state index < -0.39 is 0 Å². The predicted molar refractivity (Wildman–Crippen MR) is 101 cm³/mol. The van der Waals surface area contributed by atoms with Crippen molar-refractivity contribution in [2.75, 3.05) is 0 Å². The van der Waals surface area contributed by atoms with Gasteiger partial charge in [0.2, 0.25) is 0 Å². The molecule has 1 aromatic carbocycles. The number of piperidine rings is 1. The van der Waals surface area contributed by atoms with Crippen molar-refractivity contribution in [2.45, 2.75) is 50.6 Å². The van der Waals surface area contributed by atoms with E-state index in [-0.39, 0.29) is 23.8 Å². The summed E-state index contributed by atoms with van der Waals surface area (Å²) >= 11 is 0. The quantitative estimate of drug-likeness (QED) is 0.679. The van der Waals surface area contributed by atoms with E-state index in [1.54, 1.807) is 16.8 Å². The number of fused-ring (bicyclic) bond motifs is 3. The molecule has 2 bridgehead atoms. The van der Waals surface area contributed by atoms with Gasteiger partial charge in [-0.1, -0.05) is 12.1 Å². The number of rotatable bonds is 2. The average molecular weight is 363 g/mol. The summed E-state index contributed by atoms with van der Waals surface area (Å²) in [5, 5.41) is 4.20. The van der Waals surface area contributed by atoms with Gasteiger partial charge in [0, 0.05) is 30.0 Å². The van der Waals surface area contributed by atoms with Crippen LogP contribution in [0, 0.1) is 12.7 Å². The number of nitrogens with zero attached hydrogens (tertiary/aromatic N) is 3. The molecule has 0 radical (unpaired) electrons. The smallest absolute Gasteiger partial charge is 0.254 e. The van der Waals surface area contributed by atoms with Gasteiger partial charge >= 0.3 is 0 Å². The molecular formula is C22H22FN3O. The zero-order chi connectivity index (χ0) is 18.5. The van der Waals surface area contributed by atoms with Crippen LogP contribution in [-0.4, -0.2) is 32.5 Å². The van der Waals surface area contributed by atoms with Crippen LogP contribution in [0.5, 0.6) is 0 Å². The molecule has 2 aliphatic heterocycles. The highest BCUT2D eigenvalue weighted by atomic mass is 19.1. The number of pyridine rings is 1. The zero-order valence-corrected chi connectivity index (χ0v) is 15.3. The maximum atomic E-state index is 13.6. The molecule has 27 heavy (non-hydrogen) atoms. The topological polar surface area (TPSA) is 37.6 Å². The fraction of sp³-hybridized carbons (Fsp3) is 0.364. The first-order chi connectivity index (χ1) is 13.1. The minimum atomic E-state index is -0.149. The normalized spacial score (nSPS) is 24.5. The monoisotopic (exact) mass is 363 g/mol. The van der Waals surface area contributed by atoms with Crippen LogP contribution in [0.4, 0.5) is 4.39 Å². The van der Waals surface area contributed by atoms with Crippen molar-refractivity contribution < 1.29 is 9.18 Å². The minimum Gasteiger partial charge on any atom is -0.333 e. The maximum absolute atomic E-state index is 13.6. The van der Waals surface area contributed by atoms with Gasteiger partial charge in [-0.25, -0.2) is 8.91 Å². The number of hydrogen-bond acceptors (Lipinski definition) is 2. The number of carbonyl (C=O) groups excluding carboxylic acids is 1.